The maximum Gasteiger partial charge on any atom is 0.343 e. The Balaban J connectivity index is 1.71. The number of halogens is 1. The highest BCUT2D eigenvalue weighted by Crippen LogP contribution is 2.28. The Labute approximate surface area is 187 Å². The first-order valence-electron chi connectivity index (χ1n) is 9.13. The molecule has 0 bridgehead atoms. The number of carbonyl (C=O) groups is 2. The van der Waals surface area contributed by atoms with Gasteiger partial charge in [-0.1, -0.05) is 22.0 Å². The van der Waals surface area contributed by atoms with Crippen molar-refractivity contribution in [2.75, 3.05) is 14.2 Å². The van der Waals surface area contributed by atoms with Crippen LogP contribution in [0.4, 0.5) is 0 Å². The van der Waals surface area contributed by atoms with Gasteiger partial charge in [0.1, 0.15) is 5.75 Å². The number of ether oxygens (including phenoxy) is 3. The molecule has 0 saturated carbocycles. The van der Waals surface area contributed by atoms with Crippen molar-refractivity contribution in [1.29, 1.82) is 0 Å². The molecule has 0 aliphatic carbocycles. The fourth-order valence-corrected chi connectivity index (χ4v) is 3.00. The standard InChI is InChI=1S/C23H19BrN2O5/c1-29-19-9-7-16(8-10-19)23(28)31-21-12-15(6-11-20(21)30-2)14-25-26-22(27)17-4-3-5-18(24)13-17/h3-14H,1-2H3,(H,26,27)/b25-14-. The number of rotatable bonds is 7. The van der Waals surface area contributed by atoms with Crippen LogP contribution < -0.4 is 19.6 Å². The highest BCUT2D eigenvalue weighted by Gasteiger charge is 2.13. The van der Waals surface area contributed by atoms with Gasteiger partial charge in [0.15, 0.2) is 11.5 Å². The maximum absolute atomic E-state index is 12.5. The van der Waals surface area contributed by atoms with Crippen molar-refractivity contribution < 1.29 is 23.8 Å². The second-order valence-electron chi connectivity index (χ2n) is 6.24. The molecule has 0 atom stereocenters. The normalized spacial score (nSPS) is 10.5. The molecule has 1 amide bonds. The van der Waals surface area contributed by atoms with Gasteiger partial charge in [-0.3, -0.25) is 4.79 Å². The Hall–Kier alpha value is -3.65. The van der Waals surface area contributed by atoms with Crippen LogP contribution in [0.2, 0.25) is 0 Å². The Kier molecular flexibility index (Phi) is 7.40. The molecule has 158 valence electrons. The van der Waals surface area contributed by atoms with Crippen LogP contribution in [0.25, 0.3) is 0 Å². The predicted octanol–water partition coefficient (Wildman–Crippen LogP) is 4.45. The van der Waals surface area contributed by atoms with Crippen LogP contribution in [0.3, 0.4) is 0 Å². The van der Waals surface area contributed by atoms with E-state index in [1.807, 2.05) is 6.07 Å². The van der Waals surface area contributed by atoms with E-state index in [9.17, 15) is 9.59 Å². The zero-order chi connectivity index (χ0) is 22.2. The first-order valence-corrected chi connectivity index (χ1v) is 9.92. The summed E-state index contributed by atoms with van der Waals surface area (Å²) in [6, 6.07) is 18.5. The van der Waals surface area contributed by atoms with E-state index in [0.29, 0.717) is 28.2 Å². The second-order valence-corrected chi connectivity index (χ2v) is 7.15. The molecule has 0 spiro atoms. The van der Waals surface area contributed by atoms with Crippen LogP contribution in [-0.4, -0.2) is 32.3 Å². The molecular formula is C23H19BrN2O5. The Morgan fingerprint density at radius 3 is 2.35 bits per heavy atom. The van der Waals surface area contributed by atoms with Crippen LogP contribution in [-0.2, 0) is 0 Å². The van der Waals surface area contributed by atoms with Crippen LogP contribution in [0.15, 0.2) is 76.3 Å². The van der Waals surface area contributed by atoms with Gasteiger partial charge < -0.3 is 14.2 Å². The van der Waals surface area contributed by atoms with Crippen molar-refractivity contribution in [1.82, 2.24) is 5.43 Å². The molecule has 3 aromatic carbocycles. The quantitative estimate of drug-likeness (QED) is 0.232. The molecule has 7 nitrogen and oxygen atoms in total. The minimum Gasteiger partial charge on any atom is -0.497 e. The number of methoxy groups -OCH3 is 2. The molecule has 0 heterocycles. The molecule has 0 unspecified atom stereocenters. The minimum absolute atomic E-state index is 0.227. The molecule has 3 aromatic rings. The van der Waals surface area contributed by atoms with Gasteiger partial charge in [0, 0.05) is 10.0 Å². The number of esters is 1. The summed E-state index contributed by atoms with van der Waals surface area (Å²) < 4.78 is 16.6. The number of nitrogens with zero attached hydrogens (tertiary/aromatic N) is 1. The van der Waals surface area contributed by atoms with Crippen molar-refractivity contribution in [3.05, 3.63) is 87.9 Å². The highest BCUT2D eigenvalue weighted by molar-refractivity contribution is 9.10. The first-order chi connectivity index (χ1) is 15.0. The second kappa shape index (κ2) is 10.4. The third kappa shape index (κ3) is 5.93. The van der Waals surface area contributed by atoms with Crippen LogP contribution in [0.5, 0.6) is 17.2 Å². The third-order valence-corrected chi connectivity index (χ3v) is 4.68. The van der Waals surface area contributed by atoms with Gasteiger partial charge in [-0.2, -0.15) is 5.10 Å². The lowest BCUT2D eigenvalue weighted by molar-refractivity contribution is 0.0729. The number of benzene rings is 3. The molecule has 1 N–H and O–H groups in total. The lowest BCUT2D eigenvalue weighted by atomic mass is 10.2. The smallest absolute Gasteiger partial charge is 0.343 e. The van der Waals surface area contributed by atoms with E-state index in [2.05, 4.69) is 26.5 Å². The van der Waals surface area contributed by atoms with E-state index in [0.717, 1.165) is 4.47 Å². The first kappa shape index (κ1) is 22.0. The average Bonchev–Trinajstić information content (AvgIpc) is 2.79. The molecule has 3 rings (SSSR count). The topological polar surface area (TPSA) is 86.2 Å². The van der Waals surface area contributed by atoms with Crippen LogP contribution in [0.1, 0.15) is 26.3 Å². The van der Waals surface area contributed by atoms with Gasteiger partial charge in [-0.05, 0) is 66.2 Å². The monoisotopic (exact) mass is 482 g/mol. The van der Waals surface area contributed by atoms with Crippen molar-refractivity contribution >= 4 is 34.0 Å². The van der Waals surface area contributed by atoms with E-state index >= 15 is 0 Å². The summed E-state index contributed by atoms with van der Waals surface area (Å²) in [5.41, 5.74) is 3.90. The van der Waals surface area contributed by atoms with Crippen molar-refractivity contribution in [3.8, 4) is 17.2 Å². The average molecular weight is 483 g/mol. The van der Waals surface area contributed by atoms with E-state index in [1.54, 1.807) is 67.8 Å². The van der Waals surface area contributed by atoms with Gasteiger partial charge >= 0.3 is 5.97 Å². The van der Waals surface area contributed by atoms with E-state index in [-0.39, 0.29) is 11.7 Å². The molecule has 0 radical (unpaired) electrons. The molecule has 8 heteroatoms. The Bertz CT molecular complexity index is 1110. The summed E-state index contributed by atoms with van der Waals surface area (Å²) in [5.74, 6) is 0.357. The van der Waals surface area contributed by atoms with Gasteiger partial charge in [0.2, 0.25) is 0 Å². The minimum atomic E-state index is -0.544. The van der Waals surface area contributed by atoms with Gasteiger partial charge in [0.05, 0.1) is 26.0 Å². The summed E-state index contributed by atoms with van der Waals surface area (Å²) in [6.07, 6.45) is 1.44. The van der Waals surface area contributed by atoms with E-state index in [4.69, 9.17) is 14.2 Å². The van der Waals surface area contributed by atoms with Crippen LogP contribution >= 0.6 is 15.9 Å². The zero-order valence-electron chi connectivity index (χ0n) is 16.8. The molecule has 0 aliphatic heterocycles. The number of hydrazone groups is 1. The molecular weight excluding hydrogens is 464 g/mol. The van der Waals surface area contributed by atoms with Gasteiger partial charge in [-0.25, -0.2) is 10.2 Å². The molecule has 31 heavy (non-hydrogen) atoms. The number of hydrogen-bond donors (Lipinski definition) is 1. The fraction of sp³-hybridized carbons (Fsp3) is 0.0870. The molecule has 0 aromatic heterocycles. The summed E-state index contributed by atoms with van der Waals surface area (Å²) in [5, 5.41) is 3.97. The summed E-state index contributed by atoms with van der Waals surface area (Å²) in [4.78, 5) is 24.6. The third-order valence-electron chi connectivity index (χ3n) is 4.18. The van der Waals surface area contributed by atoms with Crippen molar-refractivity contribution in [3.63, 3.8) is 0 Å². The fourth-order valence-electron chi connectivity index (χ4n) is 2.60. The molecule has 0 aliphatic rings. The lowest BCUT2D eigenvalue weighted by Crippen LogP contribution is -2.17. The maximum atomic E-state index is 12.5. The molecule has 0 saturated heterocycles. The SMILES string of the molecule is COc1ccc(C(=O)Oc2cc(/C=N\NC(=O)c3cccc(Br)c3)ccc2OC)cc1. The van der Waals surface area contributed by atoms with Gasteiger partial charge in [0.25, 0.3) is 5.91 Å². The predicted molar refractivity (Wildman–Crippen MR) is 120 cm³/mol. The Morgan fingerprint density at radius 1 is 0.903 bits per heavy atom. The van der Waals surface area contributed by atoms with E-state index < -0.39 is 5.97 Å². The Morgan fingerprint density at radius 2 is 1.68 bits per heavy atom. The number of nitrogens with one attached hydrogen (secondary N) is 1. The zero-order valence-corrected chi connectivity index (χ0v) is 18.4. The van der Waals surface area contributed by atoms with Crippen molar-refractivity contribution in [2.45, 2.75) is 0 Å². The summed E-state index contributed by atoms with van der Waals surface area (Å²) in [7, 11) is 3.03. The summed E-state index contributed by atoms with van der Waals surface area (Å²) in [6.45, 7) is 0. The molecule has 0 fully saturated rings. The lowest BCUT2D eigenvalue weighted by Gasteiger charge is -2.10. The van der Waals surface area contributed by atoms with E-state index in [1.165, 1.54) is 13.3 Å². The number of hydrogen-bond acceptors (Lipinski definition) is 6. The highest BCUT2D eigenvalue weighted by atomic mass is 79.9. The van der Waals surface area contributed by atoms with Crippen molar-refractivity contribution in [2.24, 2.45) is 5.10 Å². The van der Waals surface area contributed by atoms with Gasteiger partial charge in [-0.15, -0.1) is 0 Å². The summed E-state index contributed by atoms with van der Waals surface area (Å²) >= 11 is 3.32. The van der Waals surface area contributed by atoms with Crippen LogP contribution in [0, 0.1) is 0 Å². The largest absolute Gasteiger partial charge is 0.497 e. The number of carbonyl (C=O) groups excluding carboxylic acids is 2. The number of amides is 1.